The van der Waals surface area contributed by atoms with Crippen molar-refractivity contribution in [3.63, 3.8) is 0 Å². The van der Waals surface area contributed by atoms with Gasteiger partial charge in [-0.05, 0) is 50.3 Å². The van der Waals surface area contributed by atoms with Crippen LogP contribution in [0, 0.1) is 0 Å². The van der Waals surface area contributed by atoms with Crippen LogP contribution in [0.15, 0.2) is 36.8 Å². The minimum atomic E-state index is -0.210. The highest BCUT2D eigenvalue weighted by molar-refractivity contribution is 7.98. The Balaban J connectivity index is 1.70. The summed E-state index contributed by atoms with van der Waals surface area (Å²) >= 11 is 1.84. The van der Waals surface area contributed by atoms with Crippen LogP contribution in [0.1, 0.15) is 56.0 Å². The Hall–Kier alpha value is -2.74. The standard InChI is InChI=1S/C25H33N5O2S/c1-5-10-29(11-6-2)21-15-22-18(16-25(3,32-22)8-13-33-4)14-20(21)28-24(31)19-17-27-30-12-7-9-26-23(19)30/h7,9,12,14-15,17H,5-6,8,10-11,13,16H2,1-4H3,(H,28,31)/t25-/m0/s1. The van der Waals surface area contributed by atoms with Gasteiger partial charge >= 0.3 is 0 Å². The highest BCUT2D eigenvalue weighted by Gasteiger charge is 2.35. The summed E-state index contributed by atoms with van der Waals surface area (Å²) in [7, 11) is 0. The van der Waals surface area contributed by atoms with Crippen molar-refractivity contribution >= 4 is 34.7 Å². The lowest BCUT2D eigenvalue weighted by Gasteiger charge is -2.27. The zero-order valence-electron chi connectivity index (χ0n) is 19.9. The molecule has 0 aliphatic carbocycles. The first kappa shape index (κ1) is 23.4. The molecule has 176 valence electrons. The third-order valence-corrected chi connectivity index (χ3v) is 6.65. The molecule has 3 aromatic rings. The average molecular weight is 468 g/mol. The lowest BCUT2D eigenvalue weighted by Crippen LogP contribution is -2.30. The van der Waals surface area contributed by atoms with Gasteiger partial charge in [0.15, 0.2) is 5.65 Å². The number of carbonyl (C=O) groups excluding carboxylic acids is 1. The number of ether oxygens (including phenoxy) is 1. The molecule has 2 aromatic heterocycles. The summed E-state index contributed by atoms with van der Waals surface area (Å²) in [4.78, 5) is 20.0. The van der Waals surface area contributed by atoms with Crippen LogP contribution in [0.2, 0.25) is 0 Å². The maximum Gasteiger partial charge on any atom is 0.261 e. The number of rotatable bonds is 10. The summed E-state index contributed by atoms with van der Waals surface area (Å²) in [5.41, 5.74) is 3.75. The third-order valence-electron chi connectivity index (χ3n) is 6.03. The maximum absolute atomic E-state index is 13.3. The number of carbonyl (C=O) groups is 1. The molecule has 1 N–H and O–H groups in total. The summed E-state index contributed by atoms with van der Waals surface area (Å²) in [6.07, 6.45) is 11.0. The van der Waals surface area contributed by atoms with Gasteiger partial charge in [0.1, 0.15) is 16.9 Å². The highest BCUT2D eigenvalue weighted by atomic mass is 32.2. The number of fused-ring (bicyclic) bond motifs is 2. The molecule has 0 unspecified atom stereocenters. The van der Waals surface area contributed by atoms with Gasteiger partial charge < -0.3 is 15.0 Å². The van der Waals surface area contributed by atoms with Gasteiger partial charge in [0.05, 0.1) is 17.6 Å². The normalized spacial score (nSPS) is 17.1. The van der Waals surface area contributed by atoms with Crippen LogP contribution in [-0.2, 0) is 6.42 Å². The second kappa shape index (κ2) is 10.0. The fourth-order valence-corrected chi connectivity index (χ4v) is 5.08. The van der Waals surface area contributed by atoms with E-state index >= 15 is 0 Å². The van der Waals surface area contributed by atoms with Crippen molar-refractivity contribution in [1.82, 2.24) is 14.6 Å². The number of benzene rings is 1. The molecular weight excluding hydrogens is 434 g/mol. The van der Waals surface area contributed by atoms with E-state index in [2.05, 4.69) is 59.5 Å². The highest BCUT2D eigenvalue weighted by Crippen LogP contribution is 2.43. The molecule has 7 nitrogen and oxygen atoms in total. The molecule has 0 saturated heterocycles. The topological polar surface area (TPSA) is 71.8 Å². The molecule has 0 fully saturated rings. The Labute approximate surface area is 199 Å². The number of anilines is 2. The van der Waals surface area contributed by atoms with Crippen LogP contribution >= 0.6 is 11.8 Å². The summed E-state index contributed by atoms with van der Waals surface area (Å²) in [5, 5.41) is 7.43. The monoisotopic (exact) mass is 467 g/mol. The van der Waals surface area contributed by atoms with E-state index in [9.17, 15) is 4.79 Å². The van der Waals surface area contributed by atoms with Gasteiger partial charge in [-0.2, -0.15) is 16.9 Å². The van der Waals surface area contributed by atoms with Gasteiger partial charge in [-0.15, -0.1) is 0 Å². The van der Waals surface area contributed by atoms with Crippen LogP contribution in [0.25, 0.3) is 5.65 Å². The summed E-state index contributed by atoms with van der Waals surface area (Å²) in [6, 6.07) is 6.01. The molecule has 0 saturated carbocycles. The van der Waals surface area contributed by atoms with Crippen molar-refractivity contribution in [2.75, 3.05) is 35.3 Å². The number of nitrogens with one attached hydrogen (secondary N) is 1. The number of hydrogen-bond acceptors (Lipinski definition) is 6. The van der Waals surface area contributed by atoms with Crippen molar-refractivity contribution in [3.05, 3.63) is 47.9 Å². The van der Waals surface area contributed by atoms with Crippen molar-refractivity contribution in [2.24, 2.45) is 0 Å². The van der Waals surface area contributed by atoms with E-state index in [4.69, 9.17) is 4.74 Å². The number of nitrogens with zero attached hydrogens (tertiary/aromatic N) is 4. The minimum absolute atomic E-state index is 0.207. The SMILES string of the molecule is CCCN(CCC)c1cc2c(cc1NC(=O)c1cnn3cccnc13)C[C@](C)(CCSC)O2. The summed E-state index contributed by atoms with van der Waals surface area (Å²) < 4.78 is 8.07. The zero-order chi connectivity index (χ0) is 23.4. The lowest BCUT2D eigenvalue weighted by atomic mass is 9.96. The Bertz CT molecular complexity index is 1130. The van der Waals surface area contributed by atoms with Gasteiger partial charge in [-0.1, -0.05) is 13.8 Å². The molecule has 1 aliphatic rings. The number of amides is 1. The Morgan fingerprint density at radius 1 is 1.30 bits per heavy atom. The first-order valence-corrected chi connectivity index (χ1v) is 13.1. The number of aromatic nitrogens is 3. The van der Waals surface area contributed by atoms with E-state index in [1.54, 1.807) is 29.2 Å². The maximum atomic E-state index is 13.3. The van der Waals surface area contributed by atoms with Crippen LogP contribution < -0.4 is 15.0 Å². The zero-order valence-corrected chi connectivity index (χ0v) is 20.7. The lowest BCUT2D eigenvalue weighted by molar-refractivity contribution is 0.102. The van der Waals surface area contributed by atoms with E-state index in [0.29, 0.717) is 11.2 Å². The predicted molar refractivity (Wildman–Crippen MR) is 136 cm³/mol. The van der Waals surface area contributed by atoms with Gasteiger partial charge in [-0.25, -0.2) is 9.50 Å². The van der Waals surface area contributed by atoms with E-state index < -0.39 is 0 Å². The van der Waals surface area contributed by atoms with Crippen LogP contribution in [0.5, 0.6) is 5.75 Å². The van der Waals surface area contributed by atoms with Crippen LogP contribution in [0.3, 0.4) is 0 Å². The Morgan fingerprint density at radius 3 is 2.82 bits per heavy atom. The third kappa shape index (κ3) is 4.95. The number of thioether (sulfide) groups is 1. The molecule has 1 amide bonds. The predicted octanol–water partition coefficient (Wildman–Crippen LogP) is 5.05. The molecule has 4 rings (SSSR count). The fraction of sp³-hybridized carbons (Fsp3) is 0.480. The van der Waals surface area contributed by atoms with Crippen molar-refractivity contribution in [3.8, 4) is 5.75 Å². The van der Waals surface area contributed by atoms with Crippen molar-refractivity contribution < 1.29 is 9.53 Å². The first-order chi connectivity index (χ1) is 16.0. The molecule has 0 bridgehead atoms. The second-order valence-electron chi connectivity index (χ2n) is 8.84. The number of hydrogen-bond donors (Lipinski definition) is 1. The quantitative estimate of drug-likeness (QED) is 0.450. The molecule has 3 heterocycles. The largest absolute Gasteiger partial charge is 0.487 e. The van der Waals surface area contributed by atoms with E-state index in [1.165, 1.54) is 0 Å². The van der Waals surface area contributed by atoms with Crippen LogP contribution in [-0.4, -0.2) is 51.2 Å². The minimum Gasteiger partial charge on any atom is -0.487 e. The fourth-order valence-electron chi connectivity index (χ4n) is 4.44. The van der Waals surface area contributed by atoms with Crippen molar-refractivity contribution in [2.45, 2.75) is 52.1 Å². The Kier molecular flexibility index (Phi) is 7.12. The molecule has 8 heteroatoms. The van der Waals surface area contributed by atoms with E-state index in [1.807, 2.05) is 11.8 Å². The van der Waals surface area contributed by atoms with Gasteiger partial charge in [0.25, 0.3) is 5.91 Å². The Morgan fingerprint density at radius 2 is 2.09 bits per heavy atom. The summed E-state index contributed by atoms with van der Waals surface area (Å²) in [5.74, 6) is 1.78. The molecule has 1 atom stereocenters. The smallest absolute Gasteiger partial charge is 0.261 e. The van der Waals surface area contributed by atoms with Crippen molar-refractivity contribution in [1.29, 1.82) is 0 Å². The molecule has 33 heavy (non-hydrogen) atoms. The molecule has 0 spiro atoms. The molecular formula is C25H33N5O2S. The van der Waals surface area contributed by atoms with Gasteiger partial charge in [-0.3, -0.25) is 4.79 Å². The molecule has 0 radical (unpaired) electrons. The van der Waals surface area contributed by atoms with E-state index in [0.717, 1.165) is 67.2 Å². The summed E-state index contributed by atoms with van der Waals surface area (Å²) in [6.45, 7) is 8.36. The van der Waals surface area contributed by atoms with Gasteiger partial charge in [0, 0.05) is 43.5 Å². The molecule has 1 aromatic carbocycles. The second-order valence-corrected chi connectivity index (χ2v) is 9.82. The molecule has 1 aliphatic heterocycles. The van der Waals surface area contributed by atoms with Crippen LogP contribution in [0.4, 0.5) is 11.4 Å². The first-order valence-electron chi connectivity index (χ1n) is 11.7. The van der Waals surface area contributed by atoms with Gasteiger partial charge in [0.2, 0.25) is 0 Å². The van der Waals surface area contributed by atoms with E-state index in [-0.39, 0.29) is 11.5 Å². The average Bonchev–Trinajstić information content (AvgIpc) is 3.37.